The second-order valence-corrected chi connectivity index (χ2v) is 8.07. The third-order valence-electron chi connectivity index (χ3n) is 4.15. The highest BCUT2D eigenvalue weighted by molar-refractivity contribution is 7.92. The molecule has 1 aliphatic heterocycles. The van der Waals surface area contributed by atoms with Crippen molar-refractivity contribution >= 4 is 15.6 Å². The Bertz CT molecular complexity index is 640. The molecule has 0 spiro atoms. The van der Waals surface area contributed by atoms with Crippen molar-refractivity contribution in [1.82, 2.24) is 0 Å². The van der Waals surface area contributed by atoms with E-state index in [4.69, 9.17) is 4.74 Å². The third-order valence-corrected chi connectivity index (χ3v) is 6.30. The molecule has 0 radical (unpaired) electrons. The van der Waals surface area contributed by atoms with E-state index in [2.05, 4.69) is 0 Å². The number of carbonyl (C=O) groups excluding carboxylic acids is 1. The second-order valence-electron chi connectivity index (χ2n) is 5.79. The average molecular weight is 310 g/mol. The van der Waals surface area contributed by atoms with E-state index in [0.717, 1.165) is 16.7 Å². The van der Waals surface area contributed by atoms with Gasteiger partial charge in [0.25, 0.3) is 0 Å². The van der Waals surface area contributed by atoms with Gasteiger partial charge in [-0.15, -0.1) is 0 Å². The third kappa shape index (κ3) is 3.71. The standard InChI is InChI=1S/C16H22O4S/c1-11-8-13(3)15(9-12(11)2)16(17)10-21(18,19)14-4-6-20-7-5-14/h8-9,14H,4-7,10H2,1-3H3. The van der Waals surface area contributed by atoms with Crippen LogP contribution in [-0.2, 0) is 14.6 Å². The van der Waals surface area contributed by atoms with Gasteiger partial charge in [-0.25, -0.2) is 8.42 Å². The Morgan fingerprint density at radius 1 is 1.10 bits per heavy atom. The topological polar surface area (TPSA) is 60.4 Å². The molecule has 1 saturated heterocycles. The Balaban J connectivity index is 2.19. The zero-order valence-electron chi connectivity index (χ0n) is 12.8. The molecule has 0 aromatic heterocycles. The summed E-state index contributed by atoms with van der Waals surface area (Å²) in [7, 11) is -3.40. The van der Waals surface area contributed by atoms with E-state index in [9.17, 15) is 13.2 Å². The number of rotatable bonds is 4. The number of ether oxygens (including phenoxy) is 1. The monoisotopic (exact) mass is 310 g/mol. The molecule has 0 N–H and O–H groups in total. The lowest BCUT2D eigenvalue weighted by Crippen LogP contribution is -2.33. The summed E-state index contributed by atoms with van der Waals surface area (Å²) in [6.45, 7) is 6.68. The van der Waals surface area contributed by atoms with Crippen LogP contribution in [0.15, 0.2) is 12.1 Å². The Morgan fingerprint density at radius 3 is 2.29 bits per heavy atom. The molecule has 116 valence electrons. The van der Waals surface area contributed by atoms with Crippen molar-refractivity contribution in [2.45, 2.75) is 38.9 Å². The fraction of sp³-hybridized carbons (Fsp3) is 0.562. The van der Waals surface area contributed by atoms with Gasteiger partial charge in [0.1, 0.15) is 5.75 Å². The van der Waals surface area contributed by atoms with Crippen LogP contribution in [-0.4, -0.2) is 38.4 Å². The molecule has 5 heteroatoms. The highest BCUT2D eigenvalue weighted by Crippen LogP contribution is 2.20. The quantitative estimate of drug-likeness (QED) is 0.801. The first-order valence-corrected chi connectivity index (χ1v) is 8.93. The maximum Gasteiger partial charge on any atom is 0.178 e. The van der Waals surface area contributed by atoms with E-state index >= 15 is 0 Å². The van der Waals surface area contributed by atoms with Crippen LogP contribution in [0.3, 0.4) is 0 Å². The van der Waals surface area contributed by atoms with Crippen LogP contribution in [0.1, 0.15) is 39.9 Å². The molecule has 0 saturated carbocycles. The summed E-state index contributed by atoms with van der Waals surface area (Å²) in [6.07, 6.45) is 0.975. The number of hydrogen-bond donors (Lipinski definition) is 0. The van der Waals surface area contributed by atoms with Gasteiger partial charge in [-0.3, -0.25) is 4.79 Å². The number of sulfone groups is 1. The Kier molecular flexibility index (Phi) is 4.84. The number of carbonyl (C=O) groups is 1. The zero-order valence-corrected chi connectivity index (χ0v) is 13.6. The van der Waals surface area contributed by atoms with Crippen LogP contribution in [0.5, 0.6) is 0 Å². The highest BCUT2D eigenvalue weighted by Gasteiger charge is 2.30. The molecular formula is C16H22O4S. The predicted octanol–water partition coefficient (Wildman–Crippen LogP) is 2.39. The van der Waals surface area contributed by atoms with E-state index in [1.54, 1.807) is 6.07 Å². The van der Waals surface area contributed by atoms with Crippen LogP contribution in [0.4, 0.5) is 0 Å². The minimum Gasteiger partial charge on any atom is -0.381 e. The molecular weight excluding hydrogens is 288 g/mol. The summed E-state index contributed by atoms with van der Waals surface area (Å²) < 4.78 is 29.9. The summed E-state index contributed by atoms with van der Waals surface area (Å²) in [5.74, 6) is -0.705. The van der Waals surface area contributed by atoms with Crippen molar-refractivity contribution in [2.75, 3.05) is 19.0 Å². The van der Waals surface area contributed by atoms with Crippen LogP contribution < -0.4 is 0 Å². The van der Waals surface area contributed by atoms with Gasteiger partial charge in [-0.05, 0) is 56.4 Å². The SMILES string of the molecule is Cc1cc(C)c(C(=O)CS(=O)(=O)C2CCOCC2)cc1C. The van der Waals surface area contributed by atoms with Crippen molar-refractivity contribution in [2.24, 2.45) is 0 Å². The van der Waals surface area contributed by atoms with Crippen molar-refractivity contribution in [3.05, 3.63) is 34.4 Å². The van der Waals surface area contributed by atoms with Gasteiger partial charge in [0.05, 0.1) is 5.25 Å². The first kappa shape index (κ1) is 16.2. The zero-order chi connectivity index (χ0) is 15.6. The van der Waals surface area contributed by atoms with E-state index < -0.39 is 20.8 Å². The van der Waals surface area contributed by atoms with Gasteiger partial charge in [-0.1, -0.05) is 6.07 Å². The van der Waals surface area contributed by atoms with Crippen LogP contribution in [0.2, 0.25) is 0 Å². The first-order chi connectivity index (χ1) is 9.81. The van der Waals surface area contributed by atoms with Crippen molar-refractivity contribution in [3.8, 4) is 0 Å². The summed E-state index contributed by atoms with van der Waals surface area (Å²) >= 11 is 0. The summed E-state index contributed by atoms with van der Waals surface area (Å²) in [5, 5.41) is -0.443. The molecule has 1 aliphatic rings. The molecule has 1 fully saturated rings. The number of hydrogen-bond acceptors (Lipinski definition) is 4. The van der Waals surface area contributed by atoms with Gasteiger partial charge in [0, 0.05) is 18.8 Å². The second kappa shape index (κ2) is 6.28. The van der Waals surface area contributed by atoms with E-state index in [1.165, 1.54) is 0 Å². The van der Waals surface area contributed by atoms with Crippen molar-refractivity contribution < 1.29 is 17.9 Å². The molecule has 4 nitrogen and oxygen atoms in total. The maximum absolute atomic E-state index is 12.4. The fourth-order valence-electron chi connectivity index (χ4n) is 2.67. The lowest BCUT2D eigenvalue weighted by Gasteiger charge is -2.22. The minimum atomic E-state index is -3.40. The molecule has 0 atom stereocenters. The molecule has 0 aliphatic carbocycles. The van der Waals surface area contributed by atoms with Crippen LogP contribution in [0.25, 0.3) is 0 Å². The first-order valence-electron chi connectivity index (χ1n) is 7.21. The Labute approximate surface area is 126 Å². The normalized spacial score (nSPS) is 16.9. The van der Waals surface area contributed by atoms with Gasteiger partial charge < -0.3 is 4.74 Å². The lowest BCUT2D eigenvalue weighted by atomic mass is 9.99. The maximum atomic E-state index is 12.4. The van der Waals surface area contributed by atoms with Crippen molar-refractivity contribution in [3.63, 3.8) is 0 Å². The minimum absolute atomic E-state index is 0.304. The molecule has 1 aromatic rings. The van der Waals surface area contributed by atoms with E-state index in [0.29, 0.717) is 31.6 Å². The molecule has 1 aromatic carbocycles. The predicted molar refractivity (Wildman–Crippen MR) is 82.6 cm³/mol. The van der Waals surface area contributed by atoms with Crippen LogP contribution >= 0.6 is 0 Å². The molecule has 0 unspecified atom stereocenters. The Morgan fingerprint density at radius 2 is 1.67 bits per heavy atom. The van der Waals surface area contributed by atoms with Gasteiger partial charge in [-0.2, -0.15) is 0 Å². The Hall–Kier alpha value is -1.20. The smallest absolute Gasteiger partial charge is 0.178 e. The summed E-state index contributed by atoms with van der Waals surface area (Å²) in [5.41, 5.74) is 3.47. The van der Waals surface area contributed by atoms with Crippen molar-refractivity contribution in [1.29, 1.82) is 0 Å². The number of benzene rings is 1. The molecule has 1 heterocycles. The van der Waals surface area contributed by atoms with Gasteiger partial charge >= 0.3 is 0 Å². The molecule has 2 rings (SSSR count). The number of Topliss-reactive ketones (excluding diaryl/α,β-unsaturated/α-hetero) is 1. The number of aryl methyl sites for hydroxylation is 3. The fourth-order valence-corrected chi connectivity index (χ4v) is 4.34. The van der Waals surface area contributed by atoms with Gasteiger partial charge in [0.2, 0.25) is 0 Å². The average Bonchev–Trinajstić information content (AvgIpc) is 2.43. The van der Waals surface area contributed by atoms with E-state index in [-0.39, 0.29) is 5.78 Å². The molecule has 0 amide bonds. The van der Waals surface area contributed by atoms with Gasteiger partial charge in [0.15, 0.2) is 15.6 Å². The molecule has 0 bridgehead atoms. The number of ketones is 1. The van der Waals surface area contributed by atoms with Crippen LogP contribution in [0, 0.1) is 20.8 Å². The lowest BCUT2D eigenvalue weighted by molar-refractivity contribution is 0.0971. The molecule has 21 heavy (non-hydrogen) atoms. The highest BCUT2D eigenvalue weighted by atomic mass is 32.2. The van der Waals surface area contributed by atoms with E-state index in [1.807, 2.05) is 26.8 Å². The summed E-state index contributed by atoms with van der Waals surface area (Å²) in [4.78, 5) is 12.4. The largest absolute Gasteiger partial charge is 0.381 e. The summed E-state index contributed by atoms with van der Waals surface area (Å²) in [6, 6.07) is 3.73.